The molecular formula is C13H17NO4. The Kier molecular flexibility index (Phi) is 5.32. The normalized spacial score (nSPS) is 11.9. The Balaban J connectivity index is 2.72. The molecule has 0 aromatic heterocycles. The van der Waals surface area contributed by atoms with E-state index in [0.29, 0.717) is 12.2 Å². The van der Waals surface area contributed by atoms with E-state index in [2.05, 4.69) is 5.32 Å². The van der Waals surface area contributed by atoms with Gasteiger partial charge in [-0.3, -0.25) is 4.79 Å². The van der Waals surface area contributed by atoms with Crippen molar-refractivity contribution in [3.05, 3.63) is 35.4 Å². The summed E-state index contributed by atoms with van der Waals surface area (Å²) in [6, 6.07) is 5.98. The van der Waals surface area contributed by atoms with Crippen molar-refractivity contribution in [2.24, 2.45) is 0 Å². The molecule has 0 aliphatic carbocycles. The third kappa shape index (κ3) is 3.85. The van der Waals surface area contributed by atoms with Crippen molar-refractivity contribution < 1.29 is 19.4 Å². The van der Waals surface area contributed by atoms with E-state index in [-0.39, 0.29) is 6.61 Å². The number of carbonyl (C=O) groups is 2. The maximum Gasteiger partial charge on any atom is 0.328 e. The number of benzene rings is 1. The lowest BCUT2D eigenvalue weighted by atomic mass is 10.1. The second-order valence-electron chi connectivity index (χ2n) is 3.84. The molecule has 1 aromatic rings. The van der Waals surface area contributed by atoms with Gasteiger partial charge in [-0.05, 0) is 25.5 Å². The van der Waals surface area contributed by atoms with Crippen LogP contribution in [-0.4, -0.2) is 36.2 Å². The van der Waals surface area contributed by atoms with Crippen LogP contribution in [0.3, 0.4) is 0 Å². The Morgan fingerprint density at radius 3 is 2.61 bits per heavy atom. The highest BCUT2D eigenvalue weighted by Gasteiger charge is 2.21. The molecule has 2 N–H and O–H groups in total. The number of nitrogens with one attached hydrogen (secondary N) is 1. The van der Waals surface area contributed by atoms with Crippen LogP contribution >= 0.6 is 0 Å². The van der Waals surface area contributed by atoms with Gasteiger partial charge in [-0.2, -0.15) is 0 Å². The average molecular weight is 251 g/mol. The van der Waals surface area contributed by atoms with E-state index in [9.17, 15) is 9.59 Å². The van der Waals surface area contributed by atoms with Gasteiger partial charge in [-0.1, -0.05) is 18.2 Å². The SMILES string of the molecule is CCOC[C@H](NC(=O)c1ccccc1C)C(=O)O. The van der Waals surface area contributed by atoms with Gasteiger partial charge in [0.15, 0.2) is 6.04 Å². The van der Waals surface area contributed by atoms with Crippen LogP contribution in [-0.2, 0) is 9.53 Å². The molecular weight excluding hydrogens is 234 g/mol. The second kappa shape index (κ2) is 6.76. The maximum atomic E-state index is 11.9. The van der Waals surface area contributed by atoms with E-state index in [1.54, 1.807) is 32.0 Å². The summed E-state index contributed by atoms with van der Waals surface area (Å²) in [5, 5.41) is 11.4. The molecule has 5 nitrogen and oxygen atoms in total. The molecule has 0 aliphatic rings. The van der Waals surface area contributed by atoms with Crippen molar-refractivity contribution in [2.75, 3.05) is 13.2 Å². The number of amides is 1. The summed E-state index contributed by atoms with van der Waals surface area (Å²) >= 11 is 0. The highest BCUT2D eigenvalue weighted by atomic mass is 16.5. The Morgan fingerprint density at radius 1 is 1.39 bits per heavy atom. The predicted octanol–water partition coefficient (Wildman–Crippen LogP) is 1.21. The fourth-order valence-electron chi connectivity index (χ4n) is 1.47. The Morgan fingerprint density at radius 2 is 2.06 bits per heavy atom. The third-order valence-electron chi connectivity index (χ3n) is 2.48. The summed E-state index contributed by atoms with van der Waals surface area (Å²) in [6.07, 6.45) is 0. The highest BCUT2D eigenvalue weighted by molar-refractivity contribution is 5.97. The highest BCUT2D eigenvalue weighted by Crippen LogP contribution is 2.07. The van der Waals surface area contributed by atoms with Gasteiger partial charge in [0.05, 0.1) is 6.61 Å². The summed E-state index contributed by atoms with van der Waals surface area (Å²) < 4.78 is 5.03. The molecule has 0 spiro atoms. The van der Waals surface area contributed by atoms with Crippen molar-refractivity contribution in [1.29, 1.82) is 0 Å². The zero-order chi connectivity index (χ0) is 13.5. The fraction of sp³-hybridized carbons (Fsp3) is 0.385. The van der Waals surface area contributed by atoms with Crippen molar-refractivity contribution in [3.8, 4) is 0 Å². The molecule has 0 unspecified atom stereocenters. The van der Waals surface area contributed by atoms with Crippen LogP contribution in [0.4, 0.5) is 0 Å². The molecule has 0 radical (unpaired) electrons. The van der Waals surface area contributed by atoms with Crippen LogP contribution in [0.1, 0.15) is 22.8 Å². The number of aliphatic carboxylic acids is 1. The minimum Gasteiger partial charge on any atom is -0.480 e. The zero-order valence-corrected chi connectivity index (χ0v) is 10.5. The van der Waals surface area contributed by atoms with Crippen LogP contribution in [0.2, 0.25) is 0 Å². The van der Waals surface area contributed by atoms with Gasteiger partial charge in [0.25, 0.3) is 5.91 Å². The Bertz CT molecular complexity index is 431. The lowest BCUT2D eigenvalue weighted by Gasteiger charge is -2.15. The first-order valence-electron chi connectivity index (χ1n) is 5.73. The first-order chi connectivity index (χ1) is 8.56. The number of ether oxygens (including phenoxy) is 1. The molecule has 0 aliphatic heterocycles. The van der Waals surface area contributed by atoms with E-state index in [1.807, 2.05) is 6.07 Å². The number of hydrogen-bond donors (Lipinski definition) is 2. The molecule has 0 saturated heterocycles. The van der Waals surface area contributed by atoms with Crippen LogP contribution in [0, 0.1) is 6.92 Å². The van der Waals surface area contributed by atoms with Gasteiger partial charge in [0, 0.05) is 12.2 Å². The fourth-order valence-corrected chi connectivity index (χ4v) is 1.47. The molecule has 1 aromatic carbocycles. The standard InChI is InChI=1S/C13H17NO4/c1-3-18-8-11(13(16)17)14-12(15)10-7-5-4-6-9(10)2/h4-7,11H,3,8H2,1-2H3,(H,14,15)(H,16,17)/t11-/m0/s1. The average Bonchev–Trinajstić information content (AvgIpc) is 2.34. The molecule has 18 heavy (non-hydrogen) atoms. The summed E-state index contributed by atoms with van der Waals surface area (Å²) in [4.78, 5) is 22.9. The van der Waals surface area contributed by atoms with E-state index in [0.717, 1.165) is 5.56 Å². The first kappa shape index (κ1) is 14.2. The molecule has 0 fully saturated rings. The van der Waals surface area contributed by atoms with Crippen LogP contribution in [0.25, 0.3) is 0 Å². The lowest BCUT2D eigenvalue weighted by Crippen LogP contribution is -2.44. The number of carbonyl (C=O) groups excluding carboxylic acids is 1. The van der Waals surface area contributed by atoms with Gasteiger partial charge >= 0.3 is 5.97 Å². The number of carboxylic acids is 1. The largest absolute Gasteiger partial charge is 0.480 e. The lowest BCUT2D eigenvalue weighted by molar-refractivity contribution is -0.140. The van der Waals surface area contributed by atoms with E-state index < -0.39 is 17.9 Å². The zero-order valence-electron chi connectivity index (χ0n) is 10.5. The van der Waals surface area contributed by atoms with Crippen molar-refractivity contribution in [2.45, 2.75) is 19.9 Å². The number of rotatable bonds is 6. The third-order valence-corrected chi connectivity index (χ3v) is 2.48. The molecule has 5 heteroatoms. The molecule has 0 bridgehead atoms. The smallest absolute Gasteiger partial charge is 0.328 e. The minimum absolute atomic E-state index is 0.0382. The van der Waals surface area contributed by atoms with Gasteiger partial charge in [0.2, 0.25) is 0 Å². The Hall–Kier alpha value is -1.88. The number of hydrogen-bond acceptors (Lipinski definition) is 3. The second-order valence-corrected chi connectivity index (χ2v) is 3.84. The van der Waals surface area contributed by atoms with Gasteiger partial charge in [-0.25, -0.2) is 4.79 Å². The Labute approximate surface area is 106 Å². The molecule has 1 amide bonds. The molecule has 0 heterocycles. The quantitative estimate of drug-likeness (QED) is 0.797. The molecule has 98 valence electrons. The van der Waals surface area contributed by atoms with Crippen LogP contribution in [0.5, 0.6) is 0 Å². The first-order valence-corrected chi connectivity index (χ1v) is 5.73. The van der Waals surface area contributed by atoms with Crippen molar-refractivity contribution in [3.63, 3.8) is 0 Å². The van der Waals surface area contributed by atoms with E-state index in [1.165, 1.54) is 0 Å². The summed E-state index contributed by atoms with van der Waals surface area (Å²) in [5.74, 6) is -1.51. The van der Waals surface area contributed by atoms with Gasteiger partial charge in [-0.15, -0.1) is 0 Å². The van der Waals surface area contributed by atoms with Crippen molar-refractivity contribution >= 4 is 11.9 Å². The molecule has 1 rings (SSSR count). The van der Waals surface area contributed by atoms with Crippen molar-refractivity contribution in [1.82, 2.24) is 5.32 Å². The maximum absolute atomic E-state index is 11.9. The van der Waals surface area contributed by atoms with Crippen LogP contribution in [0.15, 0.2) is 24.3 Å². The summed E-state index contributed by atoms with van der Waals surface area (Å²) in [6.45, 7) is 3.93. The van der Waals surface area contributed by atoms with Gasteiger partial charge in [0.1, 0.15) is 0 Å². The molecule has 0 saturated carbocycles. The van der Waals surface area contributed by atoms with Crippen LogP contribution < -0.4 is 5.32 Å². The molecule has 1 atom stereocenters. The summed E-state index contributed by atoms with van der Waals surface area (Å²) in [5.41, 5.74) is 1.27. The van der Waals surface area contributed by atoms with E-state index in [4.69, 9.17) is 9.84 Å². The monoisotopic (exact) mass is 251 g/mol. The van der Waals surface area contributed by atoms with Gasteiger partial charge < -0.3 is 15.2 Å². The predicted molar refractivity (Wildman–Crippen MR) is 66.6 cm³/mol. The topological polar surface area (TPSA) is 75.6 Å². The number of carboxylic acid groups (broad SMARTS) is 1. The number of aryl methyl sites for hydroxylation is 1. The minimum atomic E-state index is -1.11. The summed E-state index contributed by atoms with van der Waals surface area (Å²) in [7, 11) is 0. The van der Waals surface area contributed by atoms with E-state index >= 15 is 0 Å².